The standard InChI is InChI=1S/C31H32F4N4O6/c1-42-18-6-8-22-20(12-18)28(40)38-16-30(32,33)26(24(38)14-36-22)44-10-4-3-5-11-45-27-25-15-37-23-9-7-19(43-2)13-21(23)29(41)39(25)17-31(27,34)35/h6-9,12-15,24-27H,3-5,10-11,16-17H2,1-2H3/t24-,25-,26?,27?/m0/s1. The molecule has 2 saturated heterocycles. The summed E-state index contributed by atoms with van der Waals surface area (Å²) in [7, 11) is 2.89. The highest BCUT2D eigenvalue weighted by atomic mass is 19.3. The number of halogens is 4. The number of hydrogen-bond donors (Lipinski definition) is 0. The van der Waals surface area contributed by atoms with Crippen molar-refractivity contribution < 1.29 is 46.1 Å². The van der Waals surface area contributed by atoms with Gasteiger partial charge in [-0.15, -0.1) is 0 Å². The lowest BCUT2D eigenvalue weighted by molar-refractivity contribution is -0.112. The Morgan fingerprint density at radius 2 is 1.13 bits per heavy atom. The molecule has 2 aromatic rings. The molecule has 2 unspecified atom stereocenters. The Hall–Kier alpha value is -4.04. The second kappa shape index (κ2) is 12.0. The number of hydrogen-bond acceptors (Lipinski definition) is 8. The van der Waals surface area contributed by atoms with Crippen LogP contribution in [0.3, 0.4) is 0 Å². The molecule has 4 aliphatic heterocycles. The van der Waals surface area contributed by atoms with E-state index in [2.05, 4.69) is 9.98 Å². The van der Waals surface area contributed by atoms with Crippen molar-refractivity contribution in [3.8, 4) is 11.5 Å². The van der Waals surface area contributed by atoms with Gasteiger partial charge in [0.15, 0.2) is 0 Å². The number of fused-ring (bicyclic) bond motifs is 4. The van der Waals surface area contributed by atoms with Crippen LogP contribution in [-0.2, 0) is 9.47 Å². The monoisotopic (exact) mass is 632 g/mol. The number of amides is 2. The number of ether oxygens (including phenoxy) is 4. The van der Waals surface area contributed by atoms with Gasteiger partial charge in [-0.3, -0.25) is 19.6 Å². The Balaban J connectivity index is 1.01. The van der Waals surface area contributed by atoms with Gasteiger partial charge in [-0.05, 0) is 55.7 Å². The van der Waals surface area contributed by atoms with Gasteiger partial charge < -0.3 is 28.7 Å². The van der Waals surface area contributed by atoms with E-state index < -0.39 is 61.0 Å². The number of unbranched alkanes of at least 4 members (excludes halogenated alkanes) is 2. The van der Waals surface area contributed by atoms with Crippen LogP contribution in [0.4, 0.5) is 28.9 Å². The normalized spacial score (nSPS) is 25.7. The molecule has 14 heteroatoms. The number of methoxy groups -OCH3 is 2. The SMILES string of the molecule is COc1ccc2c(c1)C(=O)N1CC(F)(F)C(OCCCCCOC3[C@@H]4C=Nc5ccc(OC)cc5C(=O)N4CC3(F)F)[C@@H]1C=N2. The van der Waals surface area contributed by atoms with E-state index in [-0.39, 0.29) is 24.3 Å². The van der Waals surface area contributed by atoms with Crippen LogP contribution in [0, 0.1) is 0 Å². The van der Waals surface area contributed by atoms with E-state index in [0.29, 0.717) is 42.1 Å². The van der Waals surface area contributed by atoms with Gasteiger partial charge in [-0.1, -0.05) is 0 Å². The molecule has 2 fully saturated rings. The largest absolute Gasteiger partial charge is 0.497 e. The fourth-order valence-corrected chi connectivity index (χ4v) is 6.12. The Labute approximate surface area is 256 Å². The maximum atomic E-state index is 15.0. The lowest BCUT2D eigenvalue weighted by Crippen LogP contribution is -2.42. The van der Waals surface area contributed by atoms with E-state index in [1.54, 1.807) is 24.3 Å². The molecule has 0 bridgehead atoms. The first-order valence-electron chi connectivity index (χ1n) is 14.6. The summed E-state index contributed by atoms with van der Waals surface area (Å²) in [5.74, 6) is -6.94. The molecule has 45 heavy (non-hydrogen) atoms. The number of carbonyl (C=O) groups excluding carboxylic acids is 2. The third-order valence-corrected chi connectivity index (χ3v) is 8.44. The molecular weight excluding hydrogens is 600 g/mol. The summed E-state index contributed by atoms with van der Waals surface area (Å²) in [5, 5.41) is 0. The van der Waals surface area contributed by atoms with Crippen LogP contribution in [0.5, 0.6) is 11.5 Å². The predicted molar refractivity (Wildman–Crippen MR) is 155 cm³/mol. The van der Waals surface area contributed by atoms with Gasteiger partial charge in [0.1, 0.15) is 23.7 Å². The second-order valence-electron chi connectivity index (χ2n) is 11.3. The van der Waals surface area contributed by atoms with E-state index in [4.69, 9.17) is 18.9 Å². The minimum absolute atomic E-state index is 0.0354. The van der Waals surface area contributed by atoms with Crippen molar-refractivity contribution in [2.45, 2.75) is 55.4 Å². The highest BCUT2D eigenvalue weighted by Crippen LogP contribution is 2.40. The van der Waals surface area contributed by atoms with Gasteiger partial charge in [-0.2, -0.15) is 0 Å². The lowest BCUT2D eigenvalue weighted by atomic mass is 10.1. The Morgan fingerprint density at radius 3 is 1.53 bits per heavy atom. The second-order valence-corrected chi connectivity index (χ2v) is 11.3. The van der Waals surface area contributed by atoms with E-state index in [1.165, 1.54) is 38.8 Å². The van der Waals surface area contributed by atoms with E-state index >= 15 is 0 Å². The van der Waals surface area contributed by atoms with E-state index in [1.807, 2.05) is 0 Å². The minimum Gasteiger partial charge on any atom is -0.497 e. The quantitative estimate of drug-likeness (QED) is 0.278. The van der Waals surface area contributed by atoms with Gasteiger partial charge in [0.05, 0.1) is 61.9 Å². The van der Waals surface area contributed by atoms with Crippen molar-refractivity contribution >= 4 is 35.6 Å². The summed E-state index contributed by atoms with van der Waals surface area (Å²) in [6, 6.07) is 7.29. The number of benzene rings is 2. The first-order valence-corrected chi connectivity index (χ1v) is 14.6. The number of alkyl halides is 4. The number of nitrogens with zero attached hydrogens (tertiary/aromatic N) is 4. The van der Waals surface area contributed by atoms with E-state index in [0.717, 1.165) is 9.80 Å². The molecule has 10 nitrogen and oxygen atoms in total. The molecule has 0 radical (unpaired) electrons. The van der Waals surface area contributed by atoms with Crippen molar-refractivity contribution in [1.29, 1.82) is 0 Å². The Morgan fingerprint density at radius 1 is 0.711 bits per heavy atom. The van der Waals surface area contributed by atoms with E-state index in [9.17, 15) is 27.2 Å². The molecule has 240 valence electrons. The van der Waals surface area contributed by atoms with Crippen molar-refractivity contribution in [3.05, 3.63) is 47.5 Å². The van der Waals surface area contributed by atoms with Gasteiger partial charge in [-0.25, -0.2) is 17.6 Å². The molecule has 6 rings (SSSR count). The van der Waals surface area contributed by atoms with Gasteiger partial charge in [0.2, 0.25) is 0 Å². The molecule has 4 heterocycles. The molecule has 0 aliphatic carbocycles. The first-order chi connectivity index (χ1) is 21.5. The Kier molecular flexibility index (Phi) is 8.29. The third kappa shape index (κ3) is 5.76. The molecule has 0 aromatic heterocycles. The smallest absolute Gasteiger partial charge is 0.293 e. The summed E-state index contributed by atoms with van der Waals surface area (Å²) in [5.41, 5.74) is 1.06. The molecule has 0 N–H and O–H groups in total. The zero-order valence-electron chi connectivity index (χ0n) is 24.6. The minimum atomic E-state index is -3.30. The molecule has 4 aliphatic rings. The van der Waals surface area contributed by atoms with Crippen LogP contribution >= 0.6 is 0 Å². The molecule has 2 aromatic carbocycles. The van der Waals surface area contributed by atoms with Gasteiger partial charge in [0.25, 0.3) is 23.7 Å². The summed E-state index contributed by atoms with van der Waals surface area (Å²) >= 11 is 0. The number of rotatable bonds is 10. The molecule has 4 atom stereocenters. The maximum absolute atomic E-state index is 15.0. The average Bonchev–Trinajstić information content (AvgIpc) is 3.32. The van der Waals surface area contributed by atoms with Crippen LogP contribution in [-0.4, -0.2) is 111 Å². The van der Waals surface area contributed by atoms with Crippen LogP contribution in [0.1, 0.15) is 40.0 Å². The highest BCUT2D eigenvalue weighted by molar-refractivity contribution is 6.04. The highest BCUT2D eigenvalue weighted by Gasteiger charge is 2.58. The van der Waals surface area contributed by atoms with Crippen molar-refractivity contribution in [2.75, 3.05) is 40.5 Å². The summed E-state index contributed by atoms with van der Waals surface area (Å²) in [4.78, 5) is 36.9. The van der Waals surface area contributed by atoms with Crippen molar-refractivity contribution in [3.63, 3.8) is 0 Å². The lowest BCUT2D eigenvalue weighted by Gasteiger charge is -2.24. The molecule has 0 spiro atoms. The van der Waals surface area contributed by atoms with Crippen LogP contribution in [0.2, 0.25) is 0 Å². The zero-order valence-corrected chi connectivity index (χ0v) is 24.6. The van der Waals surface area contributed by atoms with Crippen LogP contribution < -0.4 is 9.47 Å². The fourth-order valence-electron chi connectivity index (χ4n) is 6.12. The predicted octanol–water partition coefficient (Wildman–Crippen LogP) is 4.70. The maximum Gasteiger partial charge on any atom is 0.293 e. The van der Waals surface area contributed by atoms with Gasteiger partial charge in [0, 0.05) is 25.6 Å². The molecular formula is C31H32F4N4O6. The zero-order chi connectivity index (χ0) is 31.9. The molecule has 2 amide bonds. The first kappa shape index (κ1) is 31.0. The third-order valence-electron chi connectivity index (χ3n) is 8.44. The van der Waals surface area contributed by atoms with Gasteiger partial charge >= 0.3 is 0 Å². The molecule has 0 saturated carbocycles. The number of carbonyl (C=O) groups is 2. The fraction of sp³-hybridized carbons (Fsp3) is 0.484. The summed E-state index contributed by atoms with van der Waals surface area (Å²) in [6.07, 6.45) is 0.635. The Bertz CT molecular complexity index is 1420. The summed E-state index contributed by atoms with van der Waals surface area (Å²) < 4.78 is 81.5. The van der Waals surface area contributed by atoms with Crippen molar-refractivity contribution in [1.82, 2.24) is 9.80 Å². The topological polar surface area (TPSA) is 102 Å². The summed E-state index contributed by atoms with van der Waals surface area (Å²) in [6.45, 7) is -1.69. The van der Waals surface area contributed by atoms with Crippen LogP contribution in [0.25, 0.3) is 0 Å². The van der Waals surface area contributed by atoms with Crippen LogP contribution in [0.15, 0.2) is 46.4 Å². The average molecular weight is 633 g/mol. The van der Waals surface area contributed by atoms with Crippen molar-refractivity contribution in [2.24, 2.45) is 9.98 Å². The number of aliphatic imine (C=N–C) groups is 2.